The molecule has 116 valence electrons. The number of methoxy groups -OCH3 is 2. The van der Waals surface area contributed by atoms with Crippen LogP contribution in [0.1, 0.15) is 43.8 Å². The number of nitrogens with one attached hydrogen (secondary N) is 1. The summed E-state index contributed by atoms with van der Waals surface area (Å²) in [5.41, 5.74) is 1.27. The van der Waals surface area contributed by atoms with E-state index in [4.69, 9.17) is 14.2 Å². The molecule has 1 saturated carbocycles. The molecular formula is C17H25NO3. The van der Waals surface area contributed by atoms with Crippen molar-refractivity contribution in [1.29, 1.82) is 0 Å². The first-order chi connectivity index (χ1) is 10.3. The van der Waals surface area contributed by atoms with Crippen molar-refractivity contribution < 1.29 is 14.2 Å². The smallest absolute Gasteiger partial charge is 0.124 e. The summed E-state index contributed by atoms with van der Waals surface area (Å²) >= 11 is 0. The highest BCUT2D eigenvalue weighted by Gasteiger charge is 2.37. The summed E-state index contributed by atoms with van der Waals surface area (Å²) in [4.78, 5) is 0. The first kappa shape index (κ1) is 14.7. The van der Waals surface area contributed by atoms with Crippen molar-refractivity contribution in [3.63, 3.8) is 0 Å². The van der Waals surface area contributed by atoms with Gasteiger partial charge in [0.2, 0.25) is 0 Å². The van der Waals surface area contributed by atoms with Gasteiger partial charge in [-0.25, -0.2) is 0 Å². The molecule has 1 aliphatic heterocycles. The van der Waals surface area contributed by atoms with Crippen LogP contribution in [0.3, 0.4) is 0 Å². The molecule has 1 aliphatic carbocycles. The van der Waals surface area contributed by atoms with Gasteiger partial charge >= 0.3 is 0 Å². The minimum absolute atomic E-state index is 0.0302. The summed E-state index contributed by atoms with van der Waals surface area (Å²) < 4.78 is 17.0. The lowest BCUT2D eigenvalue weighted by Gasteiger charge is -2.44. The third kappa shape index (κ3) is 3.01. The highest BCUT2D eigenvalue weighted by Crippen LogP contribution is 2.37. The maximum Gasteiger partial charge on any atom is 0.124 e. The average Bonchev–Trinajstić information content (AvgIpc) is 2.56. The van der Waals surface area contributed by atoms with E-state index in [9.17, 15) is 0 Å². The summed E-state index contributed by atoms with van der Waals surface area (Å²) in [6.07, 6.45) is 6.47. The Kier molecular flexibility index (Phi) is 4.36. The molecule has 2 fully saturated rings. The molecule has 0 amide bonds. The lowest BCUT2D eigenvalue weighted by Crippen LogP contribution is -2.55. The number of ether oxygens (including phenoxy) is 3. The summed E-state index contributed by atoms with van der Waals surface area (Å²) in [7, 11) is 3.38. The zero-order valence-corrected chi connectivity index (χ0v) is 13.0. The first-order valence-corrected chi connectivity index (χ1v) is 7.85. The Labute approximate surface area is 126 Å². The van der Waals surface area contributed by atoms with Gasteiger partial charge in [-0.2, -0.15) is 0 Å². The van der Waals surface area contributed by atoms with Gasteiger partial charge in [-0.1, -0.05) is 19.3 Å². The summed E-state index contributed by atoms with van der Waals surface area (Å²) in [6.45, 7) is 1.63. The highest BCUT2D eigenvalue weighted by atomic mass is 16.5. The van der Waals surface area contributed by atoms with E-state index in [2.05, 4.69) is 5.32 Å². The molecule has 1 unspecified atom stereocenters. The van der Waals surface area contributed by atoms with Crippen molar-refractivity contribution in [1.82, 2.24) is 5.32 Å². The van der Waals surface area contributed by atoms with Crippen molar-refractivity contribution in [3.8, 4) is 11.5 Å². The normalized spacial score (nSPS) is 24.8. The molecule has 1 spiro atoms. The van der Waals surface area contributed by atoms with E-state index < -0.39 is 0 Å². The van der Waals surface area contributed by atoms with Crippen LogP contribution in [-0.4, -0.2) is 32.9 Å². The SMILES string of the molecule is COc1ccc(OC)c(C2CNC3(CCCCC3)CO2)c1. The van der Waals surface area contributed by atoms with Gasteiger partial charge in [-0.15, -0.1) is 0 Å². The van der Waals surface area contributed by atoms with Crippen LogP contribution in [0, 0.1) is 0 Å². The van der Waals surface area contributed by atoms with Crippen LogP contribution in [0.15, 0.2) is 18.2 Å². The van der Waals surface area contributed by atoms with E-state index in [1.807, 2.05) is 18.2 Å². The fraction of sp³-hybridized carbons (Fsp3) is 0.647. The van der Waals surface area contributed by atoms with Gasteiger partial charge in [0, 0.05) is 17.6 Å². The second kappa shape index (κ2) is 6.24. The molecule has 1 heterocycles. The second-order valence-corrected chi connectivity index (χ2v) is 6.13. The third-order valence-corrected chi connectivity index (χ3v) is 4.82. The monoisotopic (exact) mass is 291 g/mol. The zero-order valence-electron chi connectivity index (χ0n) is 13.0. The fourth-order valence-corrected chi connectivity index (χ4v) is 3.52. The molecular weight excluding hydrogens is 266 g/mol. The molecule has 21 heavy (non-hydrogen) atoms. The van der Waals surface area contributed by atoms with Crippen molar-refractivity contribution in [2.45, 2.75) is 43.7 Å². The second-order valence-electron chi connectivity index (χ2n) is 6.13. The minimum atomic E-state index is 0.0302. The van der Waals surface area contributed by atoms with Crippen LogP contribution < -0.4 is 14.8 Å². The quantitative estimate of drug-likeness (QED) is 0.929. The minimum Gasteiger partial charge on any atom is -0.497 e. The van der Waals surface area contributed by atoms with Crippen LogP contribution in [0.4, 0.5) is 0 Å². The molecule has 1 aromatic rings. The maximum atomic E-state index is 6.20. The number of hydrogen-bond acceptors (Lipinski definition) is 4. The first-order valence-electron chi connectivity index (χ1n) is 7.85. The van der Waals surface area contributed by atoms with Crippen LogP contribution in [0.5, 0.6) is 11.5 Å². The van der Waals surface area contributed by atoms with Crippen molar-refractivity contribution in [3.05, 3.63) is 23.8 Å². The number of morpholine rings is 1. The third-order valence-electron chi connectivity index (χ3n) is 4.82. The topological polar surface area (TPSA) is 39.7 Å². The van der Waals surface area contributed by atoms with E-state index in [1.165, 1.54) is 32.1 Å². The van der Waals surface area contributed by atoms with Crippen LogP contribution >= 0.6 is 0 Å². The molecule has 0 aromatic heterocycles. The Hall–Kier alpha value is -1.26. The van der Waals surface area contributed by atoms with Gasteiger partial charge in [-0.3, -0.25) is 0 Å². The predicted octanol–water partition coefficient (Wildman–Crippen LogP) is 3.07. The molecule has 1 atom stereocenters. The van der Waals surface area contributed by atoms with Crippen LogP contribution in [0.25, 0.3) is 0 Å². The van der Waals surface area contributed by atoms with Crippen LogP contribution in [-0.2, 0) is 4.74 Å². The van der Waals surface area contributed by atoms with Gasteiger partial charge < -0.3 is 19.5 Å². The molecule has 4 nitrogen and oxygen atoms in total. The maximum absolute atomic E-state index is 6.20. The Morgan fingerprint density at radius 1 is 1.14 bits per heavy atom. The molecule has 1 saturated heterocycles. The number of hydrogen-bond donors (Lipinski definition) is 1. The van der Waals surface area contributed by atoms with Crippen molar-refractivity contribution >= 4 is 0 Å². The van der Waals surface area contributed by atoms with E-state index in [0.717, 1.165) is 30.2 Å². The molecule has 3 rings (SSSR count). The average molecular weight is 291 g/mol. The molecule has 1 N–H and O–H groups in total. The van der Waals surface area contributed by atoms with E-state index in [-0.39, 0.29) is 11.6 Å². The lowest BCUT2D eigenvalue weighted by atomic mass is 9.81. The molecule has 1 aromatic carbocycles. The predicted molar refractivity (Wildman–Crippen MR) is 82.1 cm³/mol. The van der Waals surface area contributed by atoms with Crippen molar-refractivity contribution in [2.24, 2.45) is 0 Å². The lowest BCUT2D eigenvalue weighted by molar-refractivity contribution is -0.0475. The Morgan fingerprint density at radius 3 is 2.57 bits per heavy atom. The number of rotatable bonds is 3. The molecule has 0 radical (unpaired) electrons. The number of benzene rings is 1. The van der Waals surface area contributed by atoms with Gasteiger partial charge in [-0.05, 0) is 31.0 Å². The summed E-state index contributed by atoms with van der Waals surface area (Å²) in [6, 6.07) is 5.88. The standard InChI is InChI=1S/C17H25NO3/c1-19-13-6-7-15(20-2)14(10-13)16-11-18-17(12-21-16)8-4-3-5-9-17/h6-7,10,16,18H,3-5,8-9,11-12H2,1-2H3. The summed E-state index contributed by atoms with van der Waals surface area (Å²) in [5.74, 6) is 1.70. The van der Waals surface area contributed by atoms with Gasteiger partial charge in [0.25, 0.3) is 0 Å². The molecule has 4 heteroatoms. The summed E-state index contributed by atoms with van der Waals surface area (Å²) in [5, 5.41) is 3.75. The zero-order chi connectivity index (χ0) is 14.7. The Balaban J connectivity index is 1.74. The molecule has 0 bridgehead atoms. The van der Waals surface area contributed by atoms with Crippen molar-refractivity contribution in [2.75, 3.05) is 27.4 Å². The van der Waals surface area contributed by atoms with E-state index >= 15 is 0 Å². The van der Waals surface area contributed by atoms with E-state index in [0.29, 0.717) is 0 Å². The van der Waals surface area contributed by atoms with Gasteiger partial charge in [0.05, 0.1) is 26.9 Å². The fourth-order valence-electron chi connectivity index (χ4n) is 3.52. The Bertz CT molecular complexity index is 473. The van der Waals surface area contributed by atoms with E-state index in [1.54, 1.807) is 14.2 Å². The van der Waals surface area contributed by atoms with Gasteiger partial charge in [0.15, 0.2) is 0 Å². The largest absolute Gasteiger partial charge is 0.497 e. The van der Waals surface area contributed by atoms with Crippen LogP contribution in [0.2, 0.25) is 0 Å². The highest BCUT2D eigenvalue weighted by molar-refractivity contribution is 5.42. The van der Waals surface area contributed by atoms with Gasteiger partial charge in [0.1, 0.15) is 11.5 Å². The molecule has 2 aliphatic rings. The Morgan fingerprint density at radius 2 is 1.95 bits per heavy atom.